The van der Waals surface area contributed by atoms with E-state index in [1.165, 1.54) is 59.0 Å². The Balaban J connectivity index is 1.97. The molecule has 0 aromatic carbocycles. The molecular weight excluding hydrogens is 408 g/mol. The molecule has 3 heterocycles. The van der Waals surface area contributed by atoms with Gasteiger partial charge in [-0.15, -0.1) is 11.3 Å². The minimum atomic E-state index is 0.462. The van der Waals surface area contributed by atoms with Gasteiger partial charge in [0.1, 0.15) is 4.83 Å². The van der Waals surface area contributed by atoms with E-state index in [9.17, 15) is 0 Å². The summed E-state index contributed by atoms with van der Waals surface area (Å²) < 4.78 is 1.23. The molecule has 3 aromatic rings. The molecular formula is C24H34N4S2. The van der Waals surface area contributed by atoms with Crippen LogP contribution in [0.5, 0.6) is 0 Å². The Morgan fingerprint density at radius 2 is 1.70 bits per heavy atom. The molecule has 0 radical (unpaired) electrons. The second kappa shape index (κ2) is 9.39. The molecule has 0 fully saturated rings. The van der Waals surface area contributed by atoms with Crippen molar-refractivity contribution >= 4 is 49.3 Å². The van der Waals surface area contributed by atoms with E-state index in [0.29, 0.717) is 5.92 Å². The monoisotopic (exact) mass is 442 g/mol. The van der Waals surface area contributed by atoms with Crippen LogP contribution in [0, 0.1) is 0 Å². The fourth-order valence-corrected chi connectivity index (χ4v) is 6.10. The van der Waals surface area contributed by atoms with Crippen LogP contribution < -0.4 is 4.90 Å². The number of anilines is 1. The SMILES string of the molecule is CCCCN(CCCC)c1nc(SC)nc2c1sc1nc(C(C)C)c3c(c12)CCC3. The van der Waals surface area contributed by atoms with Crippen LogP contribution >= 0.6 is 23.1 Å². The second-order valence-corrected chi connectivity index (χ2v) is 10.4. The number of pyridine rings is 1. The molecule has 0 bridgehead atoms. The third kappa shape index (κ3) is 3.93. The van der Waals surface area contributed by atoms with E-state index in [2.05, 4.69) is 38.9 Å². The summed E-state index contributed by atoms with van der Waals surface area (Å²) in [6.45, 7) is 11.2. The fourth-order valence-electron chi connectivity index (χ4n) is 4.57. The lowest BCUT2D eigenvalue weighted by Gasteiger charge is -2.24. The molecule has 0 saturated heterocycles. The van der Waals surface area contributed by atoms with Crippen molar-refractivity contribution < 1.29 is 0 Å². The summed E-state index contributed by atoms with van der Waals surface area (Å²) in [6, 6.07) is 0. The highest BCUT2D eigenvalue weighted by atomic mass is 32.2. The van der Waals surface area contributed by atoms with Crippen molar-refractivity contribution in [1.82, 2.24) is 15.0 Å². The Morgan fingerprint density at radius 1 is 1.00 bits per heavy atom. The van der Waals surface area contributed by atoms with E-state index in [4.69, 9.17) is 15.0 Å². The third-order valence-corrected chi connectivity index (χ3v) is 7.74. The van der Waals surface area contributed by atoms with E-state index >= 15 is 0 Å². The molecule has 0 amide bonds. The van der Waals surface area contributed by atoms with Gasteiger partial charge < -0.3 is 4.90 Å². The number of hydrogen-bond acceptors (Lipinski definition) is 6. The first kappa shape index (κ1) is 21.8. The summed E-state index contributed by atoms with van der Waals surface area (Å²) in [7, 11) is 0. The fraction of sp³-hybridized carbons (Fsp3) is 0.625. The lowest BCUT2D eigenvalue weighted by atomic mass is 9.99. The highest BCUT2D eigenvalue weighted by Gasteiger charge is 2.26. The van der Waals surface area contributed by atoms with Crippen molar-refractivity contribution in [3.05, 3.63) is 16.8 Å². The first-order valence-electron chi connectivity index (χ1n) is 11.5. The molecule has 4 rings (SSSR count). The van der Waals surface area contributed by atoms with Gasteiger partial charge in [-0.1, -0.05) is 52.3 Å². The molecule has 0 aliphatic heterocycles. The number of unbranched alkanes of at least 4 members (excludes halogenated alkanes) is 2. The van der Waals surface area contributed by atoms with Gasteiger partial charge >= 0.3 is 0 Å². The molecule has 1 aliphatic carbocycles. The van der Waals surface area contributed by atoms with Gasteiger partial charge in [-0.25, -0.2) is 15.0 Å². The second-order valence-electron chi connectivity index (χ2n) is 8.65. The molecule has 1 aliphatic rings. The Morgan fingerprint density at radius 3 is 2.33 bits per heavy atom. The Bertz CT molecular complexity index is 1030. The van der Waals surface area contributed by atoms with Crippen molar-refractivity contribution in [1.29, 1.82) is 0 Å². The standard InChI is InChI=1S/C24H34N4S2/c1-6-8-13-28(14-9-7-2)22-21-20(26-24(27-22)29-5)18-16-11-10-12-17(16)19(15(3)4)25-23(18)30-21/h15H,6-14H2,1-5H3. The average molecular weight is 443 g/mol. The van der Waals surface area contributed by atoms with E-state index in [1.54, 1.807) is 11.8 Å². The molecule has 4 nitrogen and oxygen atoms in total. The predicted octanol–water partition coefficient (Wildman–Crippen LogP) is 6.98. The van der Waals surface area contributed by atoms with Crippen molar-refractivity contribution in [2.45, 2.75) is 83.7 Å². The Labute approximate surface area is 188 Å². The number of thiophene rings is 1. The number of hydrogen-bond donors (Lipinski definition) is 0. The maximum atomic E-state index is 5.19. The van der Waals surface area contributed by atoms with Crippen LogP contribution in [0.3, 0.4) is 0 Å². The van der Waals surface area contributed by atoms with Gasteiger partial charge in [0.2, 0.25) is 0 Å². The highest BCUT2D eigenvalue weighted by molar-refractivity contribution is 7.98. The highest BCUT2D eigenvalue weighted by Crippen LogP contribution is 2.44. The van der Waals surface area contributed by atoms with Gasteiger partial charge in [0.15, 0.2) is 11.0 Å². The average Bonchev–Trinajstić information content (AvgIpc) is 3.36. The zero-order valence-corrected chi connectivity index (χ0v) is 20.7. The maximum absolute atomic E-state index is 5.19. The van der Waals surface area contributed by atoms with E-state index < -0.39 is 0 Å². The Hall–Kier alpha value is -1.40. The van der Waals surface area contributed by atoms with Gasteiger partial charge in [-0.05, 0) is 55.4 Å². The lowest BCUT2D eigenvalue weighted by Crippen LogP contribution is -2.26. The Kier molecular flexibility index (Phi) is 6.83. The quantitative estimate of drug-likeness (QED) is 0.264. The zero-order chi connectivity index (χ0) is 21.3. The molecule has 0 saturated carbocycles. The van der Waals surface area contributed by atoms with Gasteiger partial charge in [0.25, 0.3) is 0 Å². The van der Waals surface area contributed by atoms with Crippen LogP contribution in [-0.4, -0.2) is 34.3 Å². The van der Waals surface area contributed by atoms with E-state index in [0.717, 1.165) is 47.3 Å². The molecule has 30 heavy (non-hydrogen) atoms. The van der Waals surface area contributed by atoms with Gasteiger partial charge in [0.05, 0.1) is 10.2 Å². The van der Waals surface area contributed by atoms with Crippen LogP contribution in [0.1, 0.15) is 82.5 Å². The van der Waals surface area contributed by atoms with Crippen LogP contribution in [0.4, 0.5) is 5.82 Å². The number of fused-ring (bicyclic) bond motifs is 5. The van der Waals surface area contributed by atoms with Crippen molar-refractivity contribution in [3.8, 4) is 0 Å². The summed E-state index contributed by atoms with van der Waals surface area (Å²) in [5.41, 5.74) is 5.45. The summed E-state index contributed by atoms with van der Waals surface area (Å²) >= 11 is 3.46. The van der Waals surface area contributed by atoms with Crippen molar-refractivity contribution in [2.24, 2.45) is 0 Å². The molecule has 0 unspecified atom stereocenters. The number of aromatic nitrogens is 3. The lowest BCUT2D eigenvalue weighted by molar-refractivity contribution is 0.670. The van der Waals surface area contributed by atoms with Gasteiger partial charge in [-0.3, -0.25) is 0 Å². The number of thioether (sulfide) groups is 1. The minimum Gasteiger partial charge on any atom is -0.355 e. The summed E-state index contributed by atoms with van der Waals surface area (Å²) in [6.07, 6.45) is 10.4. The van der Waals surface area contributed by atoms with Gasteiger partial charge in [-0.2, -0.15) is 0 Å². The zero-order valence-electron chi connectivity index (χ0n) is 19.0. The minimum absolute atomic E-state index is 0.462. The van der Waals surface area contributed by atoms with E-state index in [1.807, 2.05) is 11.3 Å². The normalized spacial score (nSPS) is 13.7. The van der Waals surface area contributed by atoms with Crippen LogP contribution in [-0.2, 0) is 12.8 Å². The first-order valence-corrected chi connectivity index (χ1v) is 13.6. The molecule has 3 aromatic heterocycles. The summed E-state index contributed by atoms with van der Waals surface area (Å²) in [5.74, 6) is 1.59. The van der Waals surface area contributed by atoms with Crippen LogP contribution in [0.15, 0.2) is 5.16 Å². The maximum Gasteiger partial charge on any atom is 0.189 e. The van der Waals surface area contributed by atoms with Crippen LogP contribution in [0.2, 0.25) is 0 Å². The largest absolute Gasteiger partial charge is 0.355 e. The van der Waals surface area contributed by atoms with Crippen molar-refractivity contribution in [2.75, 3.05) is 24.2 Å². The topological polar surface area (TPSA) is 41.9 Å². The smallest absolute Gasteiger partial charge is 0.189 e. The molecule has 6 heteroatoms. The molecule has 0 spiro atoms. The van der Waals surface area contributed by atoms with Gasteiger partial charge in [0, 0.05) is 24.2 Å². The van der Waals surface area contributed by atoms with Crippen LogP contribution in [0.25, 0.3) is 20.4 Å². The first-order chi connectivity index (χ1) is 14.6. The summed E-state index contributed by atoms with van der Waals surface area (Å²) in [4.78, 5) is 18.9. The van der Waals surface area contributed by atoms with E-state index in [-0.39, 0.29) is 0 Å². The predicted molar refractivity (Wildman–Crippen MR) is 133 cm³/mol. The number of rotatable bonds is 9. The molecule has 0 N–H and O–H groups in total. The molecule has 162 valence electrons. The molecule has 0 atom stereocenters. The van der Waals surface area contributed by atoms with Crippen molar-refractivity contribution in [3.63, 3.8) is 0 Å². The third-order valence-electron chi connectivity index (χ3n) is 6.12. The number of nitrogens with zero attached hydrogens (tertiary/aromatic N) is 4. The number of aryl methyl sites for hydroxylation is 1. The summed E-state index contributed by atoms with van der Waals surface area (Å²) in [5, 5.41) is 2.20.